The number of carbonyl (C=O) groups excluding carboxylic acids is 2. The molecule has 0 unspecified atom stereocenters. The molecule has 16 heteroatoms. The van der Waals surface area contributed by atoms with Crippen molar-refractivity contribution in [2.75, 3.05) is 32.8 Å². The molecule has 0 aromatic heterocycles. The molecule has 0 spiro atoms. The Morgan fingerprint density at radius 1 is 1.18 bits per heavy atom. The van der Waals surface area contributed by atoms with E-state index in [2.05, 4.69) is 20.1 Å². The van der Waals surface area contributed by atoms with E-state index in [4.69, 9.17) is 18.8 Å². The van der Waals surface area contributed by atoms with Crippen molar-refractivity contribution in [2.24, 2.45) is 11.0 Å². The van der Waals surface area contributed by atoms with E-state index in [1.807, 2.05) is 27.7 Å². The van der Waals surface area contributed by atoms with E-state index in [1.54, 1.807) is 27.7 Å². The average Bonchev–Trinajstić information content (AvgIpc) is 3.25. The van der Waals surface area contributed by atoms with Gasteiger partial charge in [0.15, 0.2) is 5.54 Å². The minimum Gasteiger partial charge on any atom is -0.465 e. The van der Waals surface area contributed by atoms with Crippen LogP contribution >= 0.6 is 0 Å². The van der Waals surface area contributed by atoms with E-state index < -0.39 is 57.7 Å². The Morgan fingerprint density at radius 3 is 2.33 bits per heavy atom. The van der Waals surface area contributed by atoms with E-state index >= 15 is 0 Å². The fraction of sp³-hybridized carbons (Fsp3) is 0.913. The lowest BCUT2D eigenvalue weighted by atomic mass is 9.78. The number of hydrogen-bond acceptors (Lipinski definition) is 9. The standard InChI is InChI=1S/C23H43BN6O8S/c1-9-35-18(31)23(28-29-25)16-30(39(33,34)27-14-13-26-19(32)36-20(2,3)4)15-17(23)11-10-12-24-37-21(5,6)22(7,8)38-24/h17,27H,9-16H2,1-8H3,(H,26,32)/t17-,23-/m0/s1. The molecule has 0 aliphatic carbocycles. The zero-order valence-corrected chi connectivity index (χ0v) is 25.1. The number of esters is 1. The highest BCUT2D eigenvalue weighted by atomic mass is 32.2. The molecule has 0 saturated carbocycles. The minimum atomic E-state index is -4.08. The highest BCUT2D eigenvalue weighted by Gasteiger charge is 2.56. The summed E-state index contributed by atoms with van der Waals surface area (Å²) >= 11 is 0. The molecule has 39 heavy (non-hydrogen) atoms. The summed E-state index contributed by atoms with van der Waals surface area (Å²) in [4.78, 5) is 27.7. The number of alkyl carbamates (subject to hydrolysis) is 1. The third kappa shape index (κ3) is 8.45. The topological polar surface area (TPSA) is 181 Å². The lowest BCUT2D eigenvalue weighted by Gasteiger charge is -2.32. The van der Waals surface area contributed by atoms with Gasteiger partial charge in [-0.15, -0.1) is 0 Å². The van der Waals surface area contributed by atoms with Gasteiger partial charge in [0.2, 0.25) is 0 Å². The third-order valence-corrected chi connectivity index (χ3v) is 8.61. The van der Waals surface area contributed by atoms with Crippen LogP contribution in [0.3, 0.4) is 0 Å². The first-order valence-electron chi connectivity index (χ1n) is 13.2. The molecular weight excluding hydrogens is 531 g/mol. The summed E-state index contributed by atoms with van der Waals surface area (Å²) in [5, 5.41) is 6.28. The van der Waals surface area contributed by atoms with Crippen molar-refractivity contribution >= 4 is 29.4 Å². The number of rotatable bonds is 12. The van der Waals surface area contributed by atoms with Crippen LogP contribution < -0.4 is 10.0 Å². The second-order valence-electron chi connectivity index (χ2n) is 11.8. The summed E-state index contributed by atoms with van der Waals surface area (Å²) in [6.45, 7) is 14.1. The molecule has 2 heterocycles. The maximum atomic E-state index is 13.1. The van der Waals surface area contributed by atoms with Gasteiger partial charge in [0.25, 0.3) is 10.2 Å². The largest absolute Gasteiger partial charge is 0.465 e. The van der Waals surface area contributed by atoms with Gasteiger partial charge in [0.05, 0.1) is 17.8 Å². The van der Waals surface area contributed by atoms with Crippen LogP contribution in [0.5, 0.6) is 0 Å². The van der Waals surface area contributed by atoms with Gasteiger partial charge in [-0.3, -0.25) is 4.79 Å². The van der Waals surface area contributed by atoms with Crippen LogP contribution in [0, 0.1) is 5.92 Å². The van der Waals surface area contributed by atoms with Gasteiger partial charge >= 0.3 is 19.2 Å². The molecule has 14 nitrogen and oxygen atoms in total. The number of azide groups is 1. The summed E-state index contributed by atoms with van der Waals surface area (Å²) in [6.07, 6.45) is 0.744. The Kier molecular flexibility index (Phi) is 10.7. The number of hydrogen-bond donors (Lipinski definition) is 2. The van der Waals surface area contributed by atoms with Crippen molar-refractivity contribution in [2.45, 2.75) is 96.9 Å². The van der Waals surface area contributed by atoms with Crippen molar-refractivity contribution in [1.29, 1.82) is 0 Å². The highest BCUT2D eigenvalue weighted by Crippen LogP contribution is 2.40. The van der Waals surface area contributed by atoms with Gasteiger partial charge in [-0.1, -0.05) is 11.5 Å². The first kappa shape index (κ1) is 33.1. The molecule has 0 aromatic carbocycles. The molecule has 0 bridgehead atoms. The van der Waals surface area contributed by atoms with E-state index in [0.717, 1.165) is 4.31 Å². The molecular formula is C23H43BN6O8S. The van der Waals surface area contributed by atoms with Crippen LogP contribution in [0.1, 0.15) is 68.2 Å². The van der Waals surface area contributed by atoms with Gasteiger partial charge in [0, 0.05) is 31.1 Å². The van der Waals surface area contributed by atoms with Crippen LogP contribution in [-0.2, 0) is 33.8 Å². The normalized spacial score (nSPS) is 24.7. The van der Waals surface area contributed by atoms with E-state index in [9.17, 15) is 23.5 Å². The molecule has 1 amide bonds. The lowest BCUT2D eigenvalue weighted by molar-refractivity contribution is -0.150. The molecule has 2 rings (SSSR count). The van der Waals surface area contributed by atoms with Crippen LogP contribution in [0.4, 0.5) is 4.79 Å². The van der Waals surface area contributed by atoms with Gasteiger partial charge in [-0.25, -0.2) is 9.52 Å². The smallest absolute Gasteiger partial charge is 0.457 e. The van der Waals surface area contributed by atoms with Crippen LogP contribution in [-0.4, -0.2) is 87.0 Å². The molecule has 0 radical (unpaired) electrons. The van der Waals surface area contributed by atoms with Crippen LogP contribution in [0.15, 0.2) is 5.11 Å². The number of nitrogens with one attached hydrogen (secondary N) is 2. The van der Waals surface area contributed by atoms with Crippen molar-refractivity contribution in [3.8, 4) is 0 Å². The number of ether oxygens (including phenoxy) is 2. The molecule has 2 N–H and O–H groups in total. The summed E-state index contributed by atoms with van der Waals surface area (Å²) in [5.41, 5.74) is 5.93. The monoisotopic (exact) mass is 574 g/mol. The fourth-order valence-electron chi connectivity index (χ4n) is 4.46. The summed E-state index contributed by atoms with van der Waals surface area (Å²) < 4.78 is 52.1. The van der Waals surface area contributed by atoms with E-state index in [-0.39, 0.29) is 32.8 Å². The Labute approximate surface area is 231 Å². The van der Waals surface area contributed by atoms with Crippen LogP contribution in [0.25, 0.3) is 10.4 Å². The SMILES string of the molecule is CCOC(=O)[C@]1(N=[N+]=[N-])CN(S(=O)(=O)NCCNC(=O)OC(C)(C)C)C[C@@H]1CCCB1OC(C)(C)C(C)(C)O1. The Bertz CT molecular complexity index is 1030. The number of carbonyl (C=O) groups is 2. The number of amides is 1. The van der Waals surface area contributed by atoms with Crippen molar-refractivity contribution < 1.29 is 36.8 Å². The number of nitrogens with zero attached hydrogens (tertiary/aromatic N) is 4. The molecule has 0 aromatic rings. The Balaban J connectivity index is 2.09. The average molecular weight is 575 g/mol. The minimum absolute atomic E-state index is 0.0150. The maximum absolute atomic E-state index is 13.1. The molecule has 2 aliphatic heterocycles. The summed E-state index contributed by atoms with van der Waals surface area (Å²) in [6, 6.07) is 0. The molecule has 2 atom stereocenters. The molecule has 2 fully saturated rings. The third-order valence-electron chi connectivity index (χ3n) is 7.08. The van der Waals surface area contributed by atoms with Gasteiger partial charge < -0.3 is 24.1 Å². The predicted octanol–water partition coefficient (Wildman–Crippen LogP) is 2.76. The zero-order valence-electron chi connectivity index (χ0n) is 24.3. The second kappa shape index (κ2) is 12.6. The first-order valence-corrected chi connectivity index (χ1v) is 14.6. The van der Waals surface area contributed by atoms with Gasteiger partial charge in [0.1, 0.15) is 5.60 Å². The maximum Gasteiger partial charge on any atom is 0.457 e. The van der Waals surface area contributed by atoms with E-state index in [0.29, 0.717) is 19.2 Å². The predicted molar refractivity (Wildman–Crippen MR) is 145 cm³/mol. The molecule has 222 valence electrons. The van der Waals surface area contributed by atoms with Crippen molar-refractivity contribution in [1.82, 2.24) is 14.3 Å². The van der Waals surface area contributed by atoms with E-state index in [1.165, 1.54) is 0 Å². The first-order chi connectivity index (χ1) is 17.9. The van der Waals surface area contributed by atoms with Gasteiger partial charge in [-0.2, -0.15) is 12.7 Å². The zero-order chi connectivity index (χ0) is 29.7. The van der Waals surface area contributed by atoms with Gasteiger partial charge in [-0.05, 0) is 79.6 Å². The highest BCUT2D eigenvalue weighted by molar-refractivity contribution is 7.87. The summed E-state index contributed by atoms with van der Waals surface area (Å²) in [7, 11) is -4.54. The van der Waals surface area contributed by atoms with Crippen molar-refractivity contribution in [3.05, 3.63) is 10.4 Å². The molecule has 2 saturated heterocycles. The lowest BCUT2D eigenvalue weighted by Crippen LogP contribution is -2.48. The fourth-order valence-corrected chi connectivity index (χ4v) is 5.74. The summed E-state index contributed by atoms with van der Waals surface area (Å²) in [5.74, 6) is -1.40. The quantitative estimate of drug-likeness (QED) is 0.0891. The molecule has 2 aliphatic rings. The Hall–Kier alpha value is -2.10. The van der Waals surface area contributed by atoms with Crippen LogP contribution in [0.2, 0.25) is 6.32 Å². The van der Waals surface area contributed by atoms with Crippen molar-refractivity contribution in [3.63, 3.8) is 0 Å². The second-order valence-corrected chi connectivity index (χ2v) is 13.5. The Morgan fingerprint density at radius 2 is 1.79 bits per heavy atom.